The highest BCUT2D eigenvalue weighted by Crippen LogP contribution is 2.15. The van der Waals surface area contributed by atoms with Gasteiger partial charge in [0, 0.05) is 12.7 Å². The van der Waals surface area contributed by atoms with Gasteiger partial charge in [0.25, 0.3) is 0 Å². The number of anilines is 1. The fourth-order valence-electron chi connectivity index (χ4n) is 1.02. The Balaban J connectivity index is 2.42. The summed E-state index contributed by atoms with van der Waals surface area (Å²) in [5.41, 5.74) is 5.32. The maximum Gasteiger partial charge on any atom is 0.166 e. The fraction of sp³-hybridized carbons (Fsp3) is 0.444. The minimum Gasteiger partial charge on any atom is -0.368 e. The van der Waals surface area contributed by atoms with Gasteiger partial charge < -0.3 is 11.1 Å². The van der Waals surface area contributed by atoms with Crippen molar-refractivity contribution >= 4 is 17.4 Å². The molecule has 0 aliphatic heterocycles. The lowest BCUT2D eigenvalue weighted by atomic mass is 10.3. The number of nitrogens with two attached hydrogens (primary N) is 1. The van der Waals surface area contributed by atoms with Gasteiger partial charge in [0.1, 0.15) is 0 Å². The van der Waals surface area contributed by atoms with Crippen LogP contribution in [0.1, 0.15) is 12.8 Å². The van der Waals surface area contributed by atoms with Gasteiger partial charge in [0.2, 0.25) is 0 Å². The topological polar surface area (TPSA) is 50.9 Å². The number of nitrogens with one attached hydrogen (secondary N) is 1. The summed E-state index contributed by atoms with van der Waals surface area (Å²) in [5.74, 6) is -0.184. The van der Waals surface area contributed by atoms with Crippen molar-refractivity contribution in [3.63, 3.8) is 0 Å². The Bertz CT molecular complexity index is 293. The van der Waals surface area contributed by atoms with Gasteiger partial charge in [-0.25, -0.2) is 9.37 Å². The first-order valence-corrected chi connectivity index (χ1v) is 4.87. The van der Waals surface area contributed by atoms with Crippen molar-refractivity contribution in [2.75, 3.05) is 18.4 Å². The van der Waals surface area contributed by atoms with Crippen molar-refractivity contribution in [1.82, 2.24) is 4.98 Å². The van der Waals surface area contributed by atoms with Crippen molar-refractivity contribution in [2.45, 2.75) is 12.8 Å². The molecule has 0 radical (unpaired) electrons. The Hall–Kier alpha value is -0.870. The van der Waals surface area contributed by atoms with Gasteiger partial charge in [-0.3, -0.25) is 0 Å². The van der Waals surface area contributed by atoms with E-state index < -0.39 is 5.82 Å². The number of hydrogen-bond donors (Lipinski definition) is 2. The van der Waals surface area contributed by atoms with Gasteiger partial charge in [-0.15, -0.1) is 0 Å². The van der Waals surface area contributed by atoms with Crippen LogP contribution in [0.5, 0.6) is 0 Å². The zero-order chi connectivity index (χ0) is 10.4. The molecule has 0 unspecified atom stereocenters. The van der Waals surface area contributed by atoms with E-state index in [9.17, 15) is 4.39 Å². The quantitative estimate of drug-likeness (QED) is 0.742. The Labute approximate surface area is 87.5 Å². The third-order valence-corrected chi connectivity index (χ3v) is 1.94. The molecule has 0 saturated carbocycles. The molecule has 3 nitrogen and oxygen atoms in total. The number of pyridine rings is 1. The van der Waals surface area contributed by atoms with Crippen LogP contribution >= 0.6 is 11.6 Å². The van der Waals surface area contributed by atoms with Crippen molar-refractivity contribution in [1.29, 1.82) is 0 Å². The minimum absolute atomic E-state index is 0.242. The summed E-state index contributed by atoms with van der Waals surface area (Å²) in [5, 5.41) is 3.18. The number of hydrogen-bond acceptors (Lipinski definition) is 3. The zero-order valence-corrected chi connectivity index (χ0v) is 8.52. The van der Waals surface area contributed by atoms with Crippen LogP contribution in [0.25, 0.3) is 0 Å². The van der Waals surface area contributed by atoms with Crippen LogP contribution < -0.4 is 11.1 Å². The van der Waals surface area contributed by atoms with E-state index >= 15 is 0 Å². The molecule has 0 atom stereocenters. The molecule has 0 spiro atoms. The van der Waals surface area contributed by atoms with Crippen LogP contribution in [0.3, 0.4) is 0 Å². The fourth-order valence-corrected chi connectivity index (χ4v) is 1.17. The molecule has 1 aromatic rings. The van der Waals surface area contributed by atoms with Gasteiger partial charge in [0.15, 0.2) is 11.6 Å². The van der Waals surface area contributed by atoms with E-state index in [-0.39, 0.29) is 5.82 Å². The standard InChI is InChI=1S/C9H13ClFN3/c10-7-5-8(11)9(14-6-7)13-4-2-1-3-12/h5-6H,1-4,12H2,(H,13,14). The van der Waals surface area contributed by atoms with E-state index in [1.54, 1.807) is 0 Å². The predicted molar refractivity (Wildman–Crippen MR) is 56.0 cm³/mol. The summed E-state index contributed by atoms with van der Waals surface area (Å²) in [6.07, 6.45) is 3.23. The molecule has 78 valence electrons. The average molecular weight is 218 g/mol. The van der Waals surface area contributed by atoms with E-state index in [1.807, 2.05) is 0 Å². The smallest absolute Gasteiger partial charge is 0.166 e. The highest BCUT2D eigenvalue weighted by molar-refractivity contribution is 6.30. The van der Waals surface area contributed by atoms with Crippen LogP contribution in [0.2, 0.25) is 5.02 Å². The van der Waals surface area contributed by atoms with Crippen LogP contribution in [-0.4, -0.2) is 18.1 Å². The van der Waals surface area contributed by atoms with E-state index in [2.05, 4.69) is 10.3 Å². The third-order valence-electron chi connectivity index (χ3n) is 1.73. The summed E-state index contributed by atoms with van der Waals surface area (Å²) in [6.45, 7) is 1.32. The second-order valence-corrected chi connectivity index (χ2v) is 3.34. The second-order valence-electron chi connectivity index (χ2n) is 2.91. The molecule has 14 heavy (non-hydrogen) atoms. The molecule has 0 aromatic carbocycles. The molecule has 0 aliphatic carbocycles. The molecular formula is C9H13ClFN3. The van der Waals surface area contributed by atoms with Gasteiger partial charge in [0.05, 0.1) is 5.02 Å². The molecule has 5 heteroatoms. The molecule has 0 bridgehead atoms. The van der Waals surface area contributed by atoms with Gasteiger partial charge >= 0.3 is 0 Å². The molecule has 0 fully saturated rings. The summed E-state index contributed by atoms with van der Waals surface area (Å²) >= 11 is 5.55. The van der Waals surface area contributed by atoms with Gasteiger partial charge in [-0.2, -0.15) is 0 Å². The molecule has 0 amide bonds. The number of rotatable bonds is 5. The molecular weight excluding hydrogens is 205 g/mol. The summed E-state index contributed by atoms with van der Waals surface area (Å²) in [7, 11) is 0. The Morgan fingerprint density at radius 3 is 2.93 bits per heavy atom. The summed E-state index contributed by atoms with van der Waals surface area (Å²) < 4.78 is 13.1. The van der Waals surface area contributed by atoms with Crippen molar-refractivity contribution in [3.8, 4) is 0 Å². The normalized spacial score (nSPS) is 10.2. The monoisotopic (exact) mass is 217 g/mol. The number of halogens is 2. The molecule has 1 aromatic heterocycles. The molecule has 1 heterocycles. The van der Waals surface area contributed by atoms with Crippen molar-refractivity contribution < 1.29 is 4.39 Å². The summed E-state index contributed by atoms with van der Waals surface area (Å²) in [6, 6.07) is 1.24. The second kappa shape index (κ2) is 5.78. The summed E-state index contributed by atoms with van der Waals surface area (Å²) in [4.78, 5) is 3.83. The van der Waals surface area contributed by atoms with Gasteiger partial charge in [-0.05, 0) is 25.5 Å². The number of unbranched alkanes of at least 4 members (excludes halogenated alkanes) is 1. The first-order chi connectivity index (χ1) is 6.74. The molecule has 1 rings (SSSR count). The lowest BCUT2D eigenvalue weighted by Gasteiger charge is -2.05. The molecule has 3 N–H and O–H groups in total. The first-order valence-electron chi connectivity index (χ1n) is 4.49. The Morgan fingerprint density at radius 2 is 2.29 bits per heavy atom. The Morgan fingerprint density at radius 1 is 1.50 bits per heavy atom. The molecule has 0 saturated heterocycles. The number of aromatic nitrogens is 1. The minimum atomic E-state index is -0.426. The third kappa shape index (κ3) is 3.47. The maximum atomic E-state index is 13.1. The highest BCUT2D eigenvalue weighted by atomic mass is 35.5. The lowest BCUT2D eigenvalue weighted by molar-refractivity contribution is 0.623. The average Bonchev–Trinajstić information content (AvgIpc) is 2.15. The SMILES string of the molecule is NCCCCNc1ncc(Cl)cc1F. The van der Waals surface area contributed by atoms with Gasteiger partial charge in [-0.1, -0.05) is 11.6 Å². The van der Waals surface area contributed by atoms with Crippen LogP contribution in [0.15, 0.2) is 12.3 Å². The van der Waals surface area contributed by atoms with Crippen molar-refractivity contribution in [2.24, 2.45) is 5.73 Å². The van der Waals surface area contributed by atoms with E-state index in [0.29, 0.717) is 18.1 Å². The Kier molecular flexibility index (Phi) is 4.62. The van der Waals surface area contributed by atoms with Crippen molar-refractivity contribution in [3.05, 3.63) is 23.1 Å². The largest absolute Gasteiger partial charge is 0.368 e. The zero-order valence-electron chi connectivity index (χ0n) is 7.76. The first kappa shape index (κ1) is 11.2. The van der Waals surface area contributed by atoms with Crippen LogP contribution in [0, 0.1) is 5.82 Å². The predicted octanol–water partition coefficient (Wildman–Crippen LogP) is 2.02. The van der Waals surface area contributed by atoms with E-state index in [4.69, 9.17) is 17.3 Å². The van der Waals surface area contributed by atoms with Crippen LogP contribution in [-0.2, 0) is 0 Å². The van der Waals surface area contributed by atoms with Crippen LogP contribution in [0.4, 0.5) is 10.2 Å². The highest BCUT2D eigenvalue weighted by Gasteiger charge is 2.02. The van der Waals surface area contributed by atoms with E-state index in [1.165, 1.54) is 12.3 Å². The maximum absolute atomic E-state index is 13.1. The van der Waals surface area contributed by atoms with E-state index in [0.717, 1.165) is 12.8 Å². The molecule has 0 aliphatic rings. The lowest BCUT2D eigenvalue weighted by Crippen LogP contribution is -2.07. The number of nitrogens with zero attached hydrogens (tertiary/aromatic N) is 1.